The first-order valence-electron chi connectivity index (χ1n) is 9.39. The molecule has 4 heteroatoms. The van der Waals surface area contributed by atoms with E-state index in [2.05, 4.69) is 48.2 Å². The number of likely N-dealkylation sites (tertiary alicyclic amines) is 1. The number of piperidine rings is 1. The number of likely N-dealkylation sites (N-methyl/N-ethyl adjacent to an activating group) is 1. The van der Waals surface area contributed by atoms with Gasteiger partial charge in [0.1, 0.15) is 0 Å². The maximum atomic E-state index is 10.4. The Labute approximate surface area is 146 Å². The summed E-state index contributed by atoms with van der Waals surface area (Å²) in [7, 11) is 4.32. The van der Waals surface area contributed by atoms with Crippen LogP contribution in [0.4, 0.5) is 0 Å². The van der Waals surface area contributed by atoms with Gasteiger partial charge in [0.25, 0.3) is 0 Å². The fraction of sp³-hybridized carbons (Fsp3) is 0.700. The van der Waals surface area contributed by atoms with Crippen molar-refractivity contribution in [2.45, 2.75) is 50.4 Å². The van der Waals surface area contributed by atoms with Crippen molar-refractivity contribution in [1.29, 1.82) is 0 Å². The minimum atomic E-state index is -0.413. The highest BCUT2D eigenvalue weighted by atomic mass is 16.5. The number of nitrogens with zero attached hydrogens (tertiary/aromatic N) is 2. The third kappa shape index (κ3) is 4.57. The molecule has 1 aromatic carbocycles. The van der Waals surface area contributed by atoms with Gasteiger partial charge in [-0.05, 0) is 70.4 Å². The van der Waals surface area contributed by atoms with Crippen LogP contribution in [0.3, 0.4) is 0 Å². The molecule has 0 unspecified atom stereocenters. The monoisotopic (exact) mass is 332 g/mol. The van der Waals surface area contributed by atoms with Crippen molar-refractivity contribution in [3.8, 4) is 0 Å². The summed E-state index contributed by atoms with van der Waals surface area (Å²) in [4.78, 5) is 4.69. The molecule has 134 valence electrons. The standard InChI is InChI=1S/C20H32N2O2/c1-21-12-10-17(11-13-21)22(2)14-18(23)15-24-20-9-5-7-16-6-3-4-8-19(16)20/h3-4,6,8,17-18,20,23H,5,7,9-15H2,1-2H3/t18-,20+/m0/s1. The lowest BCUT2D eigenvalue weighted by molar-refractivity contribution is -0.0316. The highest BCUT2D eigenvalue weighted by Gasteiger charge is 2.24. The number of aryl methyl sites for hydroxylation is 1. The summed E-state index contributed by atoms with van der Waals surface area (Å²) >= 11 is 0. The number of ether oxygens (including phenoxy) is 1. The van der Waals surface area contributed by atoms with Crippen molar-refractivity contribution < 1.29 is 9.84 Å². The van der Waals surface area contributed by atoms with Gasteiger partial charge < -0.3 is 19.6 Å². The predicted octanol–water partition coefficient (Wildman–Crippen LogP) is 2.47. The second kappa shape index (κ2) is 8.43. The Morgan fingerprint density at radius 3 is 2.79 bits per heavy atom. The Morgan fingerprint density at radius 2 is 2.00 bits per heavy atom. The lowest BCUT2D eigenvalue weighted by Gasteiger charge is -2.36. The zero-order chi connectivity index (χ0) is 16.9. The molecule has 0 spiro atoms. The third-order valence-electron chi connectivity index (χ3n) is 5.61. The van der Waals surface area contributed by atoms with Gasteiger partial charge >= 0.3 is 0 Å². The molecular formula is C20H32N2O2. The van der Waals surface area contributed by atoms with Gasteiger partial charge in [-0.2, -0.15) is 0 Å². The van der Waals surface area contributed by atoms with E-state index in [1.807, 2.05) is 0 Å². The Kier molecular flexibility index (Phi) is 6.28. The smallest absolute Gasteiger partial charge is 0.0900 e. The van der Waals surface area contributed by atoms with Crippen LogP contribution in [0.2, 0.25) is 0 Å². The summed E-state index contributed by atoms with van der Waals surface area (Å²) in [5, 5.41) is 10.4. The number of fused-ring (bicyclic) bond motifs is 1. The van der Waals surface area contributed by atoms with Crippen LogP contribution >= 0.6 is 0 Å². The van der Waals surface area contributed by atoms with Crippen molar-refractivity contribution in [3.05, 3.63) is 35.4 Å². The van der Waals surface area contributed by atoms with E-state index in [4.69, 9.17) is 4.74 Å². The Bertz CT molecular complexity index is 514. The molecule has 1 N–H and O–H groups in total. The maximum Gasteiger partial charge on any atom is 0.0900 e. The second-order valence-corrected chi connectivity index (χ2v) is 7.54. The van der Waals surface area contributed by atoms with Crippen LogP contribution in [-0.4, -0.2) is 67.4 Å². The molecule has 0 aromatic heterocycles. The van der Waals surface area contributed by atoms with Crippen LogP contribution < -0.4 is 0 Å². The van der Waals surface area contributed by atoms with E-state index in [9.17, 15) is 5.11 Å². The van der Waals surface area contributed by atoms with Crippen molar-refractivity contribution in [2.75, 3.05) is 40.3 Å². The van der Waals surface area contributed by atoms with Crippen molar-refractivity contribution in [1.82, 2.24) is 9.80 Å². The average Bonchev–Trinajstić information content (AvgIpc) is 2.60. The van der Waals surface area contributed by atoms with Crippen LogP contribution in [0.15, 0.2) is 24.3 Å². The van der Waals surface area contributed by atoms with Crippen LogP contribution in [-0.2, 0) is 11.2 Å². The number of aliphatic hydroxyl groups excluding tert-OH is 1. The van der Waals surface area contributed by atoms with Gasteiger partial charge in [0.15, 0.2) is 0 Å². The van der Waals surface area contributed by atoms with E-state index in [1.54, 1.807) is 0 Å². The second-order valence-electron chi connectivity index (χ2n) is 7.54. The van der Waals surface area contributed by atoms with Crippen molar-refractivity contribution >= 4 is 0 Å². The molecule has 1 aromatic rings. The van der Waals surface area contributed by atoms with Crippen molar-refractivity contribution in [3.63, 3.8) is 0 Å². The number of hydrogen-bond donors (Lipinski definition) is 1. The summed E-state index contributed by atoms with van der Waals surface area (Å²) in [6.07, 6.45) is 5.51. The van der Waals surface area contributed by atoms with Crippen LogP contribution in [0.5, 0.6) is 0 Å². The molecule has 2 atom stereocenters. The average molecular weight is 332 g/mol. The minimum absolute atomic E-state index is 0.151. The molecule has 1 fully saturated rings. The van der Waals surface area contributed by atoms with Crippen LogP contribution in [0, 0.1) is 0 Å². The van der Waals surface area contributed by atoms with Gasteiger partial charge in [-0.1, -0.05) is 24.3 Å². The topological polar surface area (TPSA) is 35.9 Å². The van der Waals surface area contributed by atoms with E-state index in [1.165, 1.54) is 30.4 Å². The molecule has 24 heavy (non-hydrogen) atoms. The van der Waals surface area contributed by atoms with Crippen LogP contribution in [0.25, 0.3) is 0 Å². The number of hydrogen-bond acceptors (Lipinski definition) is 4. The summed E-state index contributed by atoms with van der Waals surface area (Å²) in [5.41, 5.74) is 2.73. The highest BCUT2D eigenvalue weighted by molar-refractivity contribution is 5.31. The maximum absolute atomic E-state index is 10.4. The molecule has 2 aliphatic rings. The summed E-state index contributed by atoms with van der Waals surface area (Å²) in [6.45, 7) is 3.43. The molecule has 1 aliphatic carbocycles. The predicted molar refractivity (Wildman–Crippen MR) is 97.2 cm³/mol. The number of benzene rings is 1. The Hall–Kier alpha value is -0.940. The fourth-order valence-electron chi connectivity index (χ4n) is 4.08. The summed E-state index contributed by atoms with van der Waals surface area (Å²) in [5.74, 6) is 0. The van der Waals surface area contributed by atoms with E-state index in [-0.39, 0.29) is 6.10 Å². The summed E-state index contributed by atoms with van der Waals surface area (Å²) < 4.78 is 6.09. The molecule has 3 rings (SSSR count). The first-order valence-corrected chi connectivity index (χ1v) is 9.39. The van der Waals surface area contributed by atoms with Crippen molar-refractivity contribution in [2.24, 2.45) is 0 Å². The fourth-order valence-corrected chi connectivity index (χ4v) is 4.08. The Morgan fingerprint density at radius 1 is 1.25 bits per heavy atom. The first-order chi connectivity index (χ1) is 11.6. The molecule has 0 saturated carbocycles. The van der Waals surface area contributed by atoms with E-state index in [0.717, 1.165) is 25.9 Å². The normalized spacial score (nSPS) is 24.1. The number of rotatable bonds is 6. The lowest BCUT2D eigenvalue weighted by atomic mass is 9.89. The van der Waals surface area contributed by atoms with Gasteiger partial charge in [0, 0.05) is 12.6 Å². The molecule has 4 nitrogen and oxygen atoms in total. The van der Waals surface area contributed by atoms with E-state index >= 15 is 0 Å². The first kappa shape index (κ1) is 17.9. The van der Waals surface area contributed by atoms with E-state index < -0.39 is 6.10 Å². The molecule has 0 bridgehead atoms. The largest absolute Gasteiger partial charge is 0.389 e. The molecule has 1 aliphatic heterocycles. The summed E-state index contributed by atoms with van der Waals surface area (Å²) in [6, 6.07) is 9.16. The molecule has 0 radical (unpaired) electrons. The highest BCUT2D eigenvalue weighted by Crippen LogP contribution is 2.32. The van der Waals surface area contributed by atoms with Gasteiger partial charge in [-0.15, -0.1) is 0 Å². The quantitative estimate of drug-likeness (QED) is 0.868. The SMILES string of the molecule is CN1CCC(N(C)C[C@H](O)CO[C@@H]2CCCc3ccccc32)CC1. The molecule has 0 amide bonds. The molecular weight excluding hydrogens is 300 g/mol. The Balaban J connectivity index is 1.45. The zero-order valence-electron chi connectivity index (χ0n) is 15.2. The van der Waals surface area contributed by atoms with Gasteiger partial charge in [0.2, 0.25) is 0 Å². The van der Waals surface area contributed by atoms with Gasteiger partial charge in [-0.25, -0.2) is 0 Å². The molecule has 1 saturated heterocycles. The minimum Gasteiger partial charge on any atom is -0.389 e. The van der Waals surface area contributed by atoms with Crippen LogP contribution in [0.1, 0.15) is 42.9 Å². The van der Waals surface area contributed by atoms with E-state index in [0.29, 0.717) is 19.2 Å². The van der Waals surface area contributed by atoms with Gasteiger partial charge in [-0.3, -0.25) is 0 Å². The zero-order valence-corrected chi connectivity index (χ0v) is 15.2. The lowest BCUT2D eigenvalue weighted by Crippen LogP contribution is -2.45. The van der Waals surface area contributed by atoms with Gasteiger partial charge in [0.05, 0.1) is 18.8 Å². The third-order valence-corrected chi connectivity index (χ3v) is 5.61. The molecule has 1 heterocycles. The number of aliphatic hydroxyl groups is 1.